The molecule has 1 N–H and O–H groups in total. The molecule has 0 amide bonds. The van der Waals surface area contributed by atoms with Crippen molar-refractivity contribution < 1.29 is 8.42 Å². The molecule has 0 radical (unpaired) electrons. The van der Waals surface area contributed by atoms with Crippen LogP contribution in [0.25, 0.3) is 0 Å². The SMILES string of the molecule is CCc1cc(N=C2CN(c3cccc(S(=O)(=O)CC)c3)Cc3nc(C)cn32)n[nH]1. The molecule has 0 saturated heterocycles. The molecule has 0 fully saturated rings. The normalized spacial score (nSPS) is 15.7. The van der Waals surface area contributed by atoms with Gasteiger partial charge in [0, 0.05) is 23.6 Å². The van der Waals surface area contributed by atoms with Gasteiger partial charge in [-0.1, -0.05) is 19.9 Å². The molecule has 1 aromatic carbocycles. The van der Waals surface area contributed by atoms with Crippen LogP contribution in [-0.4, -0.2) is 46.3 Å². The van der Waals surface area contributed by atoms with Crippen LogP contribution >= 0.6 is 0 Å². The number of aromatic nitrogens is 4. The molecule has 3 aromatic rings. The van der Waals surface area contributed by atoms with Gasteiger partial charge in [0.2, 0.25) is 0 Å². The molecule has 1 aliphatic heterocycles. The Bertz CT molecular complexity index is 1180. The molecule has 2 aromatic heterocycles. The van der Waals surface area contributed by atoms with Crippen molar-refractivity contribution in [1.82, 2.24) is 19.7 Å². The number of sulfone groups is 1. The first-order valence-electron chi connectivity index (χ1n) is 9.64. The Kier molecular flexibility index (Phi) is 4.99. The van der Waals surface area contributed by atoms with Crippen molar-refractivity contribution in [3.8, 4) is 0 Å². The second-order valence-corrected chi connectivity index (χ2v) is 9.34. The number of anilines is 1. The number of aromatic amines is 1. The minimum absolute atomic E-state index is 0.0751. The summed E-state index contributed by atoms with van der Waals surface area (Å²) >= 11 is 0. The third-order valence-electron chi connectivity index (χ3n) is 5.01. The van der Waals surface area contributed by atoms with Crippen LogP contribution in [0.4, 0.5) is 11.5 Å². The molecule has 0 saturated carbocycles. The Balaban J connectivity index is 1.73. The summed E-state index contributed by atoms with van der Waals surface area (Å²) in [6.07, 6.45) is 2.83. The topological polar surface area (TPSA) is 96.2 Å². The Morgan fingerprint density at radius 1 is 1.21 bits per heavy atom. The molecule has 152 valence electrons. The molecule has 8 nitrogen and oxygen atoms in total. The van der Waals surface area contributed by atoms with Gasteiger partial charge in [-0.2, -0.15) is 5.10 Å². The molecule has 1 aliphatic rings. The van der Waals surface area contributed by atoms with Crippen molar-refractivity contribution in [3.05, 3.63) is 53.7 Å². The predicted molar refractivity (Wildman–Crippen MR) is 113 cm³/mol. The number of hydrogen-bond acceptors (Lipinski definition) is 6. The molecule has 3 heterocycles. The highest BCUT2D eigenvalue weighted by Gasteiger charge is 2.24. The van der Waals surface area contributed by atoms with Gasteiger partial charge in [-0.15, -0.1) is 0 Å². The van der Waals surface area contributed by atoms with E-state index in [4.69, 9.17) is 4.99 Å². The van der Waals surface area contributed by atoms with Gasteiger partial charge in [0.25, 0.3) is 0 Å². The fourth-order valence-electron chi connectivity index (χ4n) is 3.39. The van der Waals surface area contributed by atoms with Crippen LogP contribution in [0.2, 0.25) is 0 Å². The van der Waals surface area contributed by atoms with Gasteiger partial charge in [-0.05, 0) is 31.5 Å². The number of aryl methyl sites for hydroxylation is 2. The average Bonchev–Trinajstić information content (AvgIpc) is 3.33. The molecule has 0 spiro atoms. The number of nitrogens with one attached hydrogen (secondary N) is 1. The zero-order chi connectivity index (χ0) is 20.6. The lowest BCUT2D eigenvalue weighted by molar-refractivity contribution is 0.597. The van der Waals surface area contributed by atoms with Gasteiger partial charge in [0.15, 0.2) is 15.7 Å². The van der Waals surface area contributed by atoms with Gasteiger partial charge >= 0.3 is 0 Å². The highest BCUT2D eigenvalue weighted by atomic mass is 32.2. The summed E-state index contributed by atoms with van der Waals surface area (Å²) in [6, 6.07) is 9.00. The smallest absolute Gasteiger partial charge is 0.178 e. The fraction of sp³-hybridized carbons (Fsp3) is 0.350. The molecule has 0 atom stereocenters. The van der Waals surface area contributed by atoms with Crippen LogP contribution in [0.1, 0.15) is 31.1 Å². The summed E-state index contributed by atoms with van der Waals surface area (Å²) < 4.78 is 26.6. The largest absolute Gasteiger partial charge is 0.357 e. The minimum Gasteiger partial charge on any atom is -0.357 e. The Labute approximate surface area is 170 Å². The molecule has 4 rings (SSSR count). The van der Waals surface area contributed by atoms with E-state index in [9.17, 15) is 8.42 Å². The van der Waals surface area contributed by atoms with Crippen molar-refractivity contribution in [3.63, 3.8) is 0 Å². The van der Waals surface area contributed by atoms with Crippen LogP contribution in [-0.2, 0) is 22.8 Å². The lowest BCUT2D eigenvalue weighted by Crippen LogP contribution is -2.39. The monoisotopic (exact) mass is 412 g/mol. The molecule has 29 heavy (non-hydrogen) atoms. The van der Waals surface area contributed by atoms with Crippen molar-refractivity contribution in [2.75, 3.05) is 17.2 Å². The fourth-order valence-corrected chi connectivity index (χ4v) is 4.31. The summed E-state index contributed by atoms with van der Waals surface area (Å²) in [5, 5.41) is 7.26. The number of hydrogen-bond donors (Lipinski definition) is 1. The number of nitrogens with zero attached hydrogens (tertiary/aromatic N) is 5. The first-order valence-corrected chi connectivity index (χ1v) is 11.3. The van der Waals surface area contributed by atoms with E-state index in [-0.39, 0.29) is 5.75 Å². The van der Waals surface area contributed by atoms with Crippen molar-refractivity contribution in [2.45, 2.75) is 38.6 Å². The van der Waals surface area contributed by atoms with Crippen LogP contribution in [0.15, 0.2) is 46.4 Å². The van der Waals surface area contributed by atoms with Gasteiger partial charge in [0.1, 0.15) is 11.7 Å². The quantitative estimate of drug-likeness (QED) is 0.695. The van der Waals surface area contributed by atoms with E-state index in [1.165, 1.54) is 0 Å². The first kappa shape index (κ1) is 19.4. The summed E-state index contributed by atoms with van der Waals surface area (Å²) in [5.74, 6) is 2.36. The molecule has 9 heteroatoms. The summed E-state index contributed by atoms with van der Waals surface area (Å²) in [5.41, 5.74) is 2.76. The summed E-state index contributed by atoms with van der Waals surface area (Å²) in [6.45, 7) is 6.75. The van der Waals surface area contributed by atoms with Crippen molar-refractivity contribution >= 4 is 27.2 Å². The molecular weight excluding hydrogens is 388 g/mol. The van der Waals surface area contributed by atoms with Gasteiger partial charge in [0.05, 0.1) is 29.4 Å². The molecular formula is C20H24N6O2S. The lowest BCUT2D eigenvalue weighted by atomic mass is 10.2. The predicted octanol–water partition coefficient (Wildman–Crippen LogP) is 2.87. The highest BCUT2D eigenvalue weighted by molar-refractivity contribution is 7.91. The summed E-state index contributed by atoms with van der Waals surface area (Å²) in [4.78, 5) is 11.8. The summed E-state index contributed by atoms with van der Waals surface area (Å²) in [7, 11) is -3.27. The second-order valence-electron chi connectivity index (χ2n) is 7.06. The molecule has 0 bridgehead atoms. The van der Waals surface area contributed by atoms with E-state index in [1.54, 1.807) is 25.1 Å². The number of rotatable bonds is 5. The maximum Gasteiger partial charge on any atom is 0.178 e. The number of benzene rings is 1. The number of fused-ring (bicyclic) bond motifs is 1. The number of aliphatic imine (C=N–C) groups is 1. The second kappa shape index (κ2) is 7.47. The third-order valence-corrected chi connectivity index (χ3v) is 6.74. The lowest BCUT2D eigenvalue weighted by Gasteiger charge is -2.30. The average molecular weight is 413 g/mol. The minimum atomic E-state index is -3.27. The standard InChI is InChI=1S/C20H24N6O2S/c1-4-15-9-18(24-23-15)22-20-13-25(12-19-21-14(3)11-26(19)20)16-7-6-8-17(10-16)29(27,28)5-2/h6-11H,4-5,12-13H2,1-3H3,(H,23,24). The first-order chi connectivity index (χ1) is 13.9. The van der Waals surface area contributed by atoms with Crippen LogP contribution in [0.3, 0.4) is 0 Å². The Hall–Kier alpha value is -2.94. The maximum atomic E-state index is 12.3. The van der Waals surface area contributed by atoms with Gasteiger partial charge < -0.3 is 4.90 Å². The van der Waals surface area contributed by atoms with Crippen LogP contribution in [0, 0.1) is 6.92 Å². The van der Waals surface area contributed by atoms with E-state index in [2.05, 4.69) is 27.0 Å². The van der Waals surface area contributed by atoms with Gasteiger partial charge in [-0.3, -0.25) is 9.67 Å². The number of imidazole rings is 1. The Morgan fingerprint density at radius 2 is 2.03 bits per heavy atom. The maximum absolute atomic E-state index is 12.3. The third kappa shape index (κ3) is 3.82. The van der Waals surface area contributed by atoms with Gasteiger partial charge in [-0.25, -0.2) is 18.4 Å². The van der Waals surface area contributed by atoms with E-state index in [1.807, 2.05) is 29.8 Å². The van der Waals surface area contributed by atoms with E-state index in [0.717, 1.165) is 35.2 Å². The Morgan fingerprint density at radius 3 is 2.76 bits per heavy atom. The van der Waals surface area contributed by atoms with Crippen LogP contribution < -0.4 is 4.90 Å². The number of H-pyrrole nitrogens is 1. The molecule has 0 unspecified atom stereocenters. The van der Waals surface area contributed by atoms with E-state index in [0.29, 0.717) is 23.8 Å². The zero-order valence-corrected chi connectivity index (χ0v) is 17.6. The zero-order valence-electron chi connectivity index (χ0n) is 16.8. The molecule has 0 aliphatic carbocycles. The van der Waals surface area contributed by atoms with E-state index < -0.39 is 9.84 Å². The van der Waals surface area contributed by atoms with Crippen molar-refractivity contribution in [1.29, 1.82) is 0 Å². The van der Waals surface area contributed by atoms with E-state index >= 15 is 0 Å². The van der Waals surface area contributed by atoms with Crippen LogP contribution in [0.5, 0.6) is 0 Å². The highest BCUT2D eigenvalue weighted by Crippen LogP contribution is 2.25. The van der Waals surface area contributed by atoms with Crippen molar-refractivity contribution in [2.24, 2.45) is 4.99 Å².